The average molecular weight is 445 g/mol. The SMILES string of the molecule is O=C(CN(Cc1ccco1)C(=O)C1CCOCC1)Nc1ccc(Cl)c(C(F)(F)F)c1. The first kappa shape index (κ1) is 22.2. The lowest BCUT2D eigenvalue weighted by molar-refractivity contribution is -0.141. The molecule has 1 N–H and O–H groups in total. The van der Waals surface area contributed by atoms with Crippen LogP contribution in [0.5, 0.6) is 0 Å². The van der Waals surface area contributed by atoms with Gasteiger partial charge in [0.25, 0.3) is 0 Å². The van der Waals surface area contributed by atoms with Crippen molar-refractivity contribution >= 4 is 29.1 Å². The number of hydrogen-bond donors (Lipinski definition) is 1. The lowest BCUT2D eigenvalue weighted by atomic mass is 9.98. The second-order valence-corrected chi connectivity index (χ2v) is 7.31. The van der Waals surface area contributed by atoms with Gasteiger partial charge in [-0.3, -0.25) is 9.59 Å². The Hall–Kier alpha value is -2.52. The van der Waals surface area contributed by atoms with E-state index in [1.54, 1.807) is 12.1 Å². The molecule has 1 fully saturated rings. The first-order valence-corrected chi connectivity index (χ1v) is 9.67. The number of ether oxygens (including phenoxy) is 1. The second kappa shape index (κ2) is 9.53. The van der Waals surface area contributed by atoms with Gasteiger partial charge in [0, 0.05) is 24.8 Å². The molecule has 0 aliphatic carbocycles. The topological polar surface area (TPSA) is 71.8 Å². The average Bonchev–Trinajstić information content (AvgIpc) is 3.21. The first-order chi connectivity index (χ1) is 14.2. The van der Waals surface area contributed by atoms with Gasteiger partial charge in [-0.1, -0.05) is 11.6 Å². The van der Waals surface area contributed by atoms with Crippen molar-refractivity contribution in [1.82, 2.24) is 4.90 Å². The molecule has 1 aliphatic rings. The van der Waals surface area contributed by atoms with Gasteiger partial charge in [0.2, 0.25) is 11.8 Å². The van der Waals surface area contributed by atoms with Gasteiger partial charge >= 0.3 is 6.18 Å². The summed E-state index contributed by atoms with van der Waals surface area (Å²) in [6.07, 6.45) is -2.11. The van der Waals surface area contributed by atoms with Crippen LogP contribution in [0.25, 0.3) is 0 Å². The Morgan fingerprint density at radius 1 is 1.20 bits per heavy atom. The highest BCUT2D eigenvalue weighted by Gasteiger charge is 2.33. The molecule has 2 heterocycles. The van der Waals surface area contributed by atoms with Crippen molar-refractivity contribution in [2.24, 2.45) is 5.92 Å². The zero-order valence-corrected chi connectivity index (χ0v) is 16.6. The summed E-state index contributed by atoms with van der Waals surface area (Å²) in [4.78, 5) is 26.8. The van der Waals surface area contributed by atoms with E-state index < -0.39 is 22.7 Å². The van der Waals surface area contributed by atoms with E-state index in [0.717, 1.165) is 12.1 Å². The fraction of sp³-hybridized carbons (Fsp3) is 0.400. The third-order valence-corrected chi connectivity index (χ3v) is 5.03. The number of alkyl halides is 3. The molecule has 3 rings (SSSR count). The van der Waals surface area contributed by atoms with E-state index in [-0.39, 0.29) is 30.6 Å². The van der Waals surface area contributed by atoms with Crippen LogP contribution in [-0.4, -0.2) is 36.5 Å². The summed E-state index contributed by atoms with van der Waals surface area (Å²) in [5.74, 6) is -0.641. The summed E-state index contributed by atoms with van der Waals surface area (Å²) in [7, 11) is 0. The van der Waals surface area contributed by atoms with Crippen molar-refractivity contribution in [3.05, 3.63) is 52.9 Å². The molecule has 1 aromatic carbocycles. The van der Waals surface area contributed by atoms with Crippen molar-refractivity contribution < 1.29 is 31.9 Å². The second-order valence-electron chi connectivity index (χ2n) is 6.90. The van der Waals surface area contributed by atoms with Gasteiger partial charge in [0.1, 0.15) is 12.3 Å². The molecule has 1 saturated heterocycles. The van der Waals surface area contributed by atoms with E-state index in [1.165, 1.54) is 17.2 Å². The van der Waals surface area contributed by atoms with Gasteiger partial charge in [-0.25, -0.2) is 0 Å². The van der Waals surface area contributed by atoms with Gasteiger partial charge in [0.05, 0.1) is 23.4 Å². The number of halogens is 4. The van der Waals surface area contributed by atoms with E-state index in [9.17, 15) is 22.8 Å². The summed E-state index contributed by atoms with van der Waals surface area (Å²) < 4.78 is 49.6. The smallest absolute Gasteiger partial charge is 0.417 e. The molecule has 2 aromatic rings. The summed E-state index contributed by atoms with van der Waals surface area (Å²) in [6.45, 7) is 0.663. The number of hydrogen-bond acceptors (Lipinski definition) is 4. The molecule has 1 aromatic heterocycles. The third-order valence-electron chi connectivity index (χ3n) is 4.70. The number of benzene rings is 1. The molecule has 2 amide bonds. The number of furan rings is 1. The Balaban J connectivity index is 1.72. The number of anilines is 1. The Labute approximate surface area is 175 Å². The number of amides is 2. The van der Waals surface area contributed by atoms with Crippen molar-refractivity contribution in [1.29, 1.82) is 0 Å². The summed E-state index contributed by atoms with van der Waals surface area (Å²) >= 11 is 5.60. The lowest BCUT2D eigenvalue weighted by Gasteiger charge is -2.28. The van der Waals surface area contributed by atoms with Crippen LogP contribution in [0.4, 0.5) is 18.9 Å². The van der Waals surface area contributed by atoms with Crippen molar-refractivity contribution in [2.75, 3.05) is 25.1 Å². The fourth-order valence-corrected chi connectivity index (χ4v) is 3.42. The predicted molar refractivity (Wildman–Crippen MR) is 103 cm³/mol. The van der Waals surface area contributed by atoms with Crippen molar-refractivity contribution in [3.63, 3.8) is 0 Å². The lowest BCUT2D eigenvalue weighted by Crippen LogP contribution is -2.42. The normalized spacial score (nSPS) is 15.1. The Morgan fingerprint density at radius 3 is 2.57 bits per heavy atom. The highest BCUT2D eigenvalue weighted by atomic mass is 35.5. The molecular formula is C20H20ClF3N2O4. The van der Waals surface area contributed by atoms with Crippen molar-refractivity contribution in [3.8, 4) is 0 Å². The van der Waals surface area contributed by atoms with Gasteiger partial charge in [-0.2, -0.15) is 13.2 Å². The van der Waals surface area contributed by atoms with Crippen LogP contribution in [0, 0.1) is 5.92 Å². The molecule has 30 heavy (non-hydrogen) atoms. The summed E-state index contributed by atoms with van der Waals surface area (Å²) in [6, 6.07) is 6.44. The largest absolute Gasteiger partial charge is 0.467 e. The number of nitrogens with one attached hydrogen (secondary N) is 1. The number of carbonyl (C=O) groups is 2. The molecular weight excluding hydrogens is 425 g/mol. The van der Waals surface area contributed by atoms with Crippen LogP contribution in [-0.2, 0) is 27.0 Å². The Morgan fingerprint density at radius 2 is 1.93 bits per heavy atom. The van der Waals surface area contributed by atoms with E-state index in [1.807, 2.05) is 0 Å². The van der Waals surface area contributed by atoms with Crippen LogP contribution in [0.1, 0.15) is 24.2 Å². The number of carbonyl (C=O) groups excluding carboxylic acids is 2. The number of nitrogens with zero attached hydrogens (tertiary/aromatic N) is 1. The minimum Gasteiger partial charge on any atom is -0.467 e. The maximum Gasteiger partial charge on any atom is 0.417 e. The standard InChI is InChI=1S/C20H20ClF3N2O4/c21-17-4-3-14(10-16(17)20(22,23)24)25-18(27)12-26(11-15-2-1-7-30-15)19(28)13-5-8-29-9-6-13/h1-4,7,10,13H,5-6,8-9,11-12H2,(H,25,27). The van der Waals surface area contributed by atoms with Crippen LogP contribution in [0.2, 0.25) is 5.02 Å². The molecule has 0 bridgehead atoms. The maximum atomic E-state index is 13.0. The Kier molecular flexibility index (Phi) is 7.04. The van der Waals surface area contributed by atoms with E-state index >= 15 is 0 Å². The molecule has 0 atom stereocenters. The van der Waals surface area contributed by atoms with E-state index in [0.29, 0.717) is 31.8 Å². The van der Waals surface area contributed by atoms with Crippen molar-refractivity contribution in [2.45, 2.75) is 25.6 Å². The molecule has 1 aliphatic heterocycles. The van der Waals surface area contributed by atoms with E-state index in [2.05, 4.69) is 5.32 Å². The maximum absolute atomic E-state index is 13.0. The predicted octanol–water partition coefficient (Wildman–Crippen LogP) is 4.35. The van der Waals surface area contributed by atoms with Crippen LogP contribution in [0.15, 0.2) is 41.0 Å². The molecule has 0 spiro atoms. The zero-order valence-electron chi connectivity index (χ0n) is 15.9. The highest BCUT2D eigenvalue weighted by molar-refractivity contribution is 6.31. The van der Waals surface area contributed by atoms with Gasteiger partial charge in [-0.15, -0.1) is 0 Å². The first-order valence-electron chi connectivity index (χ1n) is 9.29. The molecule has 0 saturated carbocycles. The minimum absolute atomic E-state index is 0.0619. The van der Waals surface area contributed by atoms with Gasteiger partial charge < -0.3 is 19.4 Å². The number of rotatable bonds is 6. The quantitative estimate of drug-likeness (QED) is 0.719. The summed E-state index contributed by atoms with van der Waals surface area (Å²) in [5.41, 5.74) is -1.11. The van der Waals surface area contributed by atoms with Gasteiger partial charge in [0.15, 0.2) is 0 Å². The zero-order chi connectivity index (χ0) is 21.7. The third kappa shape index (κ3) is 5.76. The molecule has 0 radical (unpaired) electrons. The minimum atomic E-state index is -4.65. The van der Waals surface area contributed by atoms with Crippen LogP contribution in [0.3, 0.4) is 0 Å². The monoisotopic (exact) mass is 444 g/mol. The van der Waals surface area contributed by atoms with Crippen LogP contribution >= 0.6 is 11.6 Å². The molecule has 10 heteroatoms. The summed E-state index contributed by atoms with van der Waals surface area (Å²) in [5, 5.41) is 1.94. The van der Waals surface area contributed by atoms with E-state index in [4.69, 9.17) is 20.8 Å². The van der Waals surface area contributed by atoms with Crippen LogP contribution < -0.4 is 5.32 Å². The Bertz CT molecular complexity index is 881. The molecule has 162 valence electrons. The van der Waals surface area contributed by atoms with Gasteiger partial charge in [-0.05, 0) is 43.2 Å². The molecule has 0 unspecified atom stereocenters. The fourth-order valence-electron chi connectivity index (χ4n) is 3.20. The molecule has 6 nitrogen and oxygen atoms in total. The highest BCUT2D eigenvalue weighted by Crippen LogP contribution is 2.36.